The molecule has 0 aliphatic rings. The Balaban J connectivity index is 2.91. The van der Waals surface area contributed by atoms with Crippen molar-refractivity contribution in [1.82, 2.24) is 0 Å². The molecule has 4 heteroatoms. The minimum absolute atomic E-state index is 0.295. The fourth-order valence-electron chi connectivity index (χ4n) is 1.47. The molecule has 0 saturated heterocycles. The van der Waals surface area contributed by atoms with Gasteiger partial charge in [-0.15, -0.1) is 0 Å². The fraction of sp³-hybridized carbons (Fsp3) is 0.417. The van der Waals surface area contributed by atoms with E-state index in [1.165, 1.54) is 6.07 Å². The predicted octanol–water partition coefficient (Wildman–Crippen LogP) is 2.15. The third-order valence-corrected chi connectivity index (χ3v) is 2.46. The second-order valence-electron chi connectivity index (χ2n) is 4.12. The predicted molar refractivity (Wildman–Crippen MR) is 61.2 cm³/mol. The molecule has 1 N–H and O–H groups in total. The molecule has 1 atom stereocenters. The maximum Gasteiger partial charge on any atom is 0.306 e. The number of hydrogen-bond donors (Lipinski definition) is 1. The van der Waals surface area contributed by atoms with Crippen molar-refractivity contribution in [1.29, 1.82) is 0 Å². The number of rotatable bonds is 4. The lowest BCUT2D eigenvalue weighted by molar-refractivity contribution is -0.141. The molecule has 0 heterocycles. The highest BCUT2D eigenvalue weighted by Crippen LogP contribution is 2.20. The van der Waals surface area contributed by atoms with Crippen LogP contribution in [0.1, 0.15) is 12.5 Å². The van der Waals surface area contributed by atoms with Crippen molar-refractivity contribution >= 4 is 11.7 Å². The van der Waals surface area contributed by atoms with Crippen LogP contribution in [0.4, 0.5) is 10.1 Å². The summed E-state index contributed by atoms with van der Waals surface area (Å²) < 4.78 is 13.4. The molecule has 0 aliphatic carbocycles. The third-order valence-electron chi connectivity index (χ3n) is 2.46. The lowest BCUT2D eigenvalue weighted by Crippen LogP contribution is -2.14. The number of aliphatic carboxylic acids is 1. The van der Waals surface area contributed by atoms with E-state index >= 15 is 0 Å². The summed E-state index contributed by atoms with van der Waals surface area (Å²) in [5.41, 5.74) is 1.31. The van der Waals surface area contributed by atoms with Gasteiger partial charge in [0.1, 0.15) is 5.82 Å². The highest BCUT2D eigenvalue weighted by atomic mass is 19.1. The molecule has 0 fully saturated rings. The summed E-state index contributed by atoms with van der Waals surface area (Å²) in [6, 6.07) is 4.69. The molecule has 0 saturated carbocycles. The van der Waals surface area contributed by atoms with Gasteiger partial charge in [0.2, 0.25) is 0 Å². The van der Waals surface area contributed by atoms with Gasteiger partial charge >= 0.3 is 5.97 Å². The van der Waals surface area contributed by atoms with E-state index in [0.29, 0.717) is 12.1 Å². The Labute approximate surface area is 94.5 Å². The van der Waals surface area contributed by atoms with Crippen LogP contribution in [-0.2, 0) is 11.2 Å². The van der Waals surface area contributed by atoms with E-state index in [1.54, 1.807) is 38.1 Å². The summed E-state index contributed by atoms with van der Waals surface area (Å²) >= 11 is 0. The molecule has 1 aromatic carbocycles. The first-order valence-electron chi connectivity index (χ1n) is 5.10. The first kappa shape index (κ1) is 12.5. The summed E-state index contributed by atoms with van der Waals surface area (Å²) in [7, 11) is 3.51. The topological polar surface area (TPSA) is 40.5 Å². The van der Waals surface area contributed by atoms with Crippen LogP contribution < -0.4 is 4.90 Å². The lowest BCUT2D eigenvalue weighted by atomic mass is 10.0. The largest absolute Gasteiger partial charge is 0.481 e. The monoisotopic (exact) mass is 225 g/mol. The van der Waals surface area contributed by atoms with Gasteiger partial charge in [0.05, 0.1) is 11.6 Å². The molecule has 16 heavy (non-hydrogen) atoms. The molecule has 0 aliphatic heterocycles. The number of benzene rings is 1. The number of carbonyl (C=O) groups is 1. The number of nitrogens with zero attached hydrogens (tertiary/aromatic N) is 1. The first-order chi connectivity index (χ1) is 7.41. The van der Waals surface area contributed by atoms with Gasteiger partial charge in [0, 0.05) is 14.1 Å². The summed E-state index contributed by atoms with van der Waals surface area (Å²) in [6.07, 6.45) is 0.413. The molecule has 0 amide bonds. The molecule has 3 nitrogen and oxygen atoms in total. The molecule has 88 valence electrons. The van der Waals surface area contributed by atoms with Gasteiger partial charge in [-0.2, -0.15) is 0 Å². The number of carboxylic acids is 1. The molecule has 1 unspecified atom stereocenters. The highest BCUT2D eigenvalue weighted by molar-refractivity contribution is 5.70. The molecule has 0 aromatic heterocycles. The van der Waals surface area contributed by atoms with E-state index in [4.69, 9.17) is 5.11 Å². The molecule has 1 rings (SSSR count). The molecule has 0 bridgehead atoms. The quantitative estimate of drug-likeness (QED) is 0.853. The average molecular weight is 225 g/mol. The number of halogens is 1. The van der Waals surface area contributed by atoms with Crippen LogP contribution in [0.3, 0.4) is 0 Å². The number of carboxylic acid groups (broad SMARTS) is 1. The maximum atomic E-state index is 13.4. The Morgan fingerprint density at radius 2 is 2.12 bits per heavy atom. The Bertz CT molecular complexity index is 391. The van der Waals surface area contributed by atoms with Crippen LogP contribution in [0.25, 0.3) is 0 Å². The third kappa shape index (κ3) is 2.95. The molecular weight excluding hydrogens is 209 g/mol. The fourth-order valence-corrected chi connectivity index (χ4v) is 1.47. The van der Waals surface area contributed by atoms with Crippen molar-refractivity contribution in [3.05, 3.63) is 29.6 Å². The molecule has 1 aromatic rings. The van der Waals surface area contributed by atoms with E-state index in [0.717, 1.165) is 5.56 Å². The SMILES string of the molecule is CC(Cc1ccc(F)c(N(C)C)c1)C(=O)O. The van der Waals surface area contributed by atoms with E-state index in [-0.39, 0.29) is 5.82 Å². The summed E-state index contributed by atoms with van der Waals surface area (Å²) in [6.45, 7) is 1.64. The molecule has 0 radical (unpaired) electrons. The number of hydrogen-bond acceptors (Lipinski definition) is 2. The Morgan fingerprint density at radius 1 is 1.50 bits per heavy atom. The second-order valence-corrected chi connectivity index (χ2v) is 4.12. The standard InChI is InChI=1S/C12H16FNO2/c1-8(12(15)16)6-9-4-5-10(13)11(7-9)14(2)3/h4-5,7-8H,6H2,1-3H3,(H,15,16). The zero-order chi connectivity index (χ0) is 12.3. The van der Waals surface area contributed by atoms with Crippen LogP contribution in [0.15, 0.2) is 18.2 Å². The zero-order valence-electron chi connectivity index (χ0n) is 9.70. The van der Waals surface area contributed by atoms with Crippen LogP contribution in [-0.4, -0.2) is 25.2 Å². The van der Waals surface area contributed by atoms with Gasteiger partial charge in [-0.05, 0) is 24.1 Å². The Kier molecular flexibility index (Phi) is 3.88. The van der Waals surface area contributed by atoms with Crippen molar-refractivity contribution < 1.29 is 14.3 Å². The zero-order valence-corrected chi connectivity index (χ0v) is 9.70. The van der Waals surface area contributed by atoms with Crippen molar-refractivity contribution in [3.8, 4) is 0 Å². The first-order valence-corrected chi connectivity index (χ1v) is 5.10. The summed E-state index contributed by atoms with van der Waals surface area (Å²) in [5, 5.41) is 8.79. The Morgan fingerprint density at radius 3 is 2.62 bits per heavy atom. The van der Waals surface area contributed by atoms with E-state index in [1.807, 2.05) is 0 Å². The van der Waals surface area contributed by atoms with E-state index in [2.05, 4.69) is 0 Å². The minimum atomic E-state index is -0.837. The average Bonchev–Trinajstić information content (AvgIpc) is 2.20. The van der Waals surface area contributed by atoms with Gasteiger partial charge in [-0.25, -0.2) is 4.39 Å². The normalized spacial score (nSPS) is 12.2. The van der Waals surface area contributed by atoms with Crippen molar-refractivity contribution in [2.75, 3.05) is 19.0 Å². The molecular formula is C12H16FNO2. The van der Waals surface area contributed by atoms with E-state index < -0.39 is 11.9 Å². The Hall–Kier alpha value is -1.58. The van der Waals surface area contributed by atoms with Gasteiger partial charge in [-0.3, -0.25) is 4.79 Å². The summed E-state index contributed by atoms with van der Waals surface area (Å²) in [5.74, 6) is -1.59. The van der Waals surface area contributed by atoms with Gasteiger partial charge in [0.25, 0.3) is 0 Å². The number of anilines is 1. The van der Waals surface area contributed by atoms with Crippen LogP contribution in [0.5, 0.6) is 0 Å². The van der Waals surface area contributed by atoms with E-state index in [9.17, 15) is 9.18 Å². The van der Waals surface area contributed by atoms with Crippen molar-refractivity contribution in [2.24, 2.45) is 5.92 Å². The van der Waals surface area contributed by atoms with Gasteiger partial charge < -0.3 is 10.0 Å². The van der Waals surface area contributed by atoms with Crippen molar-refractivity contribution in [2.45, 2.75) is 13.3 Å². The van der Waals surface area contributed by atoms with Crippen LogP contribution in [0, 0.1) is 11.7 Å². The summed E-state index contributed by atoms with van der Waals surface area (Å²) in [4.78, 5) is 12.4. The van der Waals surface area contributed by atoms with Crippen LogP contribution in [0.2, 0.25) is 0 Å². The minimum Gasteiger partial charge on any atom is -0.481 e. The highest BCUT2D eigenvalue weighted by Gasteiger charge is 2.13. The van der Waals surface area contributed by atoms with Gasteiger partial charge in [0.15, 0.2) is 0 Å². The lowest BCUT2D eigenvalue weighted by Gasteiger charge is -2.15. The maximum absolute atomic E-state index is 13.4. The second kappa shape index (κ2) is 4.96. The van der Waals surface area contributed by atoms with Crippen molar-refractivity contribution in [3.63, 3.8) is 0 Å². The van der Waals surface area contributed by atoms with Gasteiger partial charge in [-0.1, -0.05) is 13.0 Å². The smallest absolute Gasteiger partial charge is 0.306 e. The molecule has 0 spiro atoms. The van der Waals surface area contributed by atoms with Crippen LogP contribution >= 0.6 is 0 Å².